The summed E-state index contributed by atoms with van der Waals surface area (Å²) in [5.41, 5.74) is 2.80. The normalized spacial score (nSPS) is 14.7. The van der Waals surface area contributed by atoms with Gasteiger partial charge in [0, 0.05) is 22.6 Å². The van der Waals surface area contributed by atoms with E-state index in [0.717, 1.165) is 17.0 Å². The molecule has 3 rings (SSSR count). The Kier molecular flexibility index (Phi) is 3.60. The highest BCUT2D eigenvalue weighted by atomic mass is 35.5. The quantitative estimate of drug-likeness (QED) is 0.855. The fraction of sp³-hybridized carbons (Fsp3) is 0.375. The fourth-order valence-electron chi connectivity index (χ4n) is 2.40. The third-order valence-corrected chi connectivity index (χ3v) is 4.12. The van der Waals surface area contributed by atoms with Gasteiger partial charge in [-0.2, -0.15) is 0 Å². The maximum atomic E-state index is 12.1. The van der Waals surface area contributed by atoms with E-state index in [1.165, 1.54) is 0 Å². The number of nitrogens with zero attached hydrogens (tertiary/aromatic N) is 4. The van der Waals surface area contributed by atoms with Gasteiger partial charge in [-0.15, -0.1) is 5.10 Å². The molecule has 22 heavy (non-hydrogen) atoms. The lowest BCUT2D eigenvalue weighted by molar-refractivity contribution is 0.0993. The standard InChI is InChI=1S/C16H17ClN4O/c1-16(2,3)13-8-12-14(15(22)18-13)19-20-21(12)9-10-6-4-5-7-11(10)17/h4-7H,8-9H2,1-3H3. The molecule has 1 aromatic carbocycles. The molecule has 1 aliphatic heterocycles. The van der Waals surface area contributed by atoms with Crippen LogP contribution in [0.3, 0.4) is 0 Å². The number of halogens is 1. The number of hydrogen-bond acceptors (Lipinski definition) is 3. The van der Waals surface area contributed by atoms with Crippen molar-refractivity contribution in [3.05, 3.63) is 46.2 Å². The number of rotatable bonds is 2. The van der Waals surface area contributed by atoms with E-state index in [1.807, 2.05) is 45.0 Å². The number of benzene rings is 1. The Hall–Kier alpha value is -2.01. The van der Waals surface area contributed by atoms with Gasteiger partial charge in [0.15, 0.2) is 5.69 Å². The molecule has 1 amide bonds. The highest BCUT2D eigenvalue weighted by Crippen LogP contribution is 2.26. The van der Waals surface area contributed by atoms with Gasteiger partial charge in [-0.1, -0.05) is 55.8 Å². The topological polar surface area (TPSA) is 60.1 Å². The maximum Gasteiger partial charge on any atom is 0.299 e. The van der Waals surface area contributed by atoms with Gasteiger partial charge in [-0.25, -0.2) is 9.67 Å². The van der Waals surface area contributed by atoms with Crippen LogP contribution < -0.4 is 0 Å². The summed E-state index contributed by atoms with van der Waals surface area (Å²) in [6, 6.07) is 7.60. The molecule has 5 nitrogen and oxygen atoms in total. The van der Waals surface area contributed by atoms with E-state index < -0.39 is 0 Å². The minimum absolute atomic E-state index is 0.160. The van der Waals surface area contributed by atoms with Gasteiger partial charge in [0.1, 0.15) is 0 Å². The van der Waals surface area contributed by atoms with Crippen molar-refractivity contribution in [2.24, 2.45) is 10.4 Å². The van der Waals surface area contributed by atoms with Crippen LogP contribution >= 0.6 is 11.6 Å². The van der Waals surface area contributed by atoms with Gasteiger partial charge in [-0.3, -0.25) is 4.79 Å². The lowest BCUT2D eigenvalue weighted by Crippen LogP contribution is -2.29. The second kappa shape index (κ2) is 5.32. The Morgan fingerprint density at radius 3 is 2.68 bits per heavy atom. The van der Waals surface area contributed by atoms with Crippen molar-refractivity contribution >= 4 is 23.2 Å². The summed E-state index contributed by atoms with van der Waals surface area (Å²) >= 11 is 6.20. The van der Waals surface area contributed by atoms with Crippen molar-refractivity contribution in [3.8, 4) is 0 Å². The van der Waals surface area contributed by atoms with Crippen molar-refractivity contribution in [3.63, 3.8) is 0 Å². The monoisotopic (exact) mass is 316 g/mol. The van der Waals surface area contributed by atoms with Crippen LogP contribution in [0.4, 0.5) is 0 Å². The molecule has 0 fully saturated rings. The minimum atomic E-state index is -0.309. The van der Waals surface area contributed by atoms with E-state index in [2.05, 4.69) is 15.3 Å². The first kappa shape index (κ1) is 14.9. The van der Waals surface area contributed by atoms with E-state index in [9.17, 15) is 4.79 Å². The van der Waals surface area contributed by atoms with Gasteiger partial charge in [0.2, 0.25) is 0 Å². The number of amides is 1. The first-order valence-electron chi connectivity index (χ1n) is 7.14. The Balaban J connectivity index is 1.96. The molecule has 114 valence electrons. The van der Waals surface area contributed by atoms with Crippen LogP contribution in [0.5, 0.6) is 0 Å². The number of hydrogen-bond donors (Lipinski definition) is 0. The molecule has 1 aromatic heterocycles. The molecule has 6 heteroatoms. The van der Waals surface area contributed by atoms with E-state index in [1.54, 1.807) is 4.68 Å². The molecule has 1 aliphatic rings. The van der Waals surface area contributed by atoms with E-state index in [4.69, 9.17) is 11.6 Å². The molecule has 0 radical (unpaired) electrons. The summed E-state index contributed by atoms with van der Waals surface area (Å²) in [7, 11) is 0. The van der Waals surface area contributed by atoms with Crippen LogP contribution in [0, 0.1) is 5.41 Å². The molecular weight excluding hydrogens is 300 g/mol. The lowest BCUT2D eigenvalue weighted by Gasteiger charge is -2.24. The zero-order chi connectivity index (χ0) is 15.9. The Morgan fingerprint density at radius 1 is 1.27 bits per heavy atom. The molecule has 2 heterocycles. The molecule has 0 unspecified atom stereocenters. The summed E-state index contributed by atoms with van der Waals surface area (Å²) in [6.07, 6.45) is 0.585. The Labute approximate surface area is 134 Å². The molecular formula is C16H17ClN4O. The highest BCUT2D eigenvalue weighted by Gasteiger charge is 2.31. The average Bonchev–Trinajstić information content (AvgIpc) is 2.84. The minimum Gasteiger partial charge on any atom is -0.265 e. The zero-order valence-electron chi connectivity index (χ0n) is 12.8. The van der Waals surface area contributed by atoms with Crippen LogP contribution in [-0.2, 0) is 13.0 Å². The number of carbonyl (C=O) groups is 1. The molecule has 0 bridgehead atoms. The third kappa shape index (κ3) is 2.68. The predicted octanol–water partition coefficient (Wildman–Crippen LogP) is 3.16. The second-order valence-corrected chi connectivity index (χ2v) is 6.83. The number of carbonyl (C=O) groups excluding carboxylic acids is 1. The summed E-state index contributed by atoms with van der Waals surface area (Å²) in [6.45, 7) is 6.64. The Bertz CT molecular complexity index is 771. The van der Waals surface area contributed by atoms with Crippen LogP contribution in [0.25, 0.3) is 0 Å². The van der Waals surface area contributed by atoms with Crippen molar-refractivity contribution < 1.29 is 4.79 Å². The third-order valence-electron chi connectivity index (χ3n) is 3.76. The van der Waals surface area contributed by atoms with E-state index >= 15 is 0 Å². The molecule has 2 aromatic rings. The second-order valence-electron chi connectivity index (χ2n) is 6.42. The van der Waals surface area contributed by atoms with Crippen LogP contribution in [0.15, 0.2) is 29.3 Å². The van der Waals surface area contributed by atoms with Crippen molar-refractivity contribution in [2.45, 2.75) is 33.7 Å². The van der Waals surface area contributed by atoms with E-state index in [-0.39, 0.29) is 11.3 Å². The first-order valence-corrected chi connectivity index (χ1v) is 7.52. The molecule has 0 spiro atoms. The van der Waals surface area contributed by atoms with Crippen molar-refractivity contribution in [1.82, 2.24) is 15.0 Å². The van der Waals surface area contributed by atoms with Crippen molar-refractivity contribution in [2.75, 3.05) is 0 Å². The fourth-order valence-corrected chi connectivity index (χ4v) is 2.59. The summed E-state index contributed by atoms with van der Waals surface area (Å²) in [5.74, 6) is -0.309. The smallest absolute Gasteiger partial charge is 0.265 e. The molecule has 0 aliphatic carbocycles. The number of aliphatic imine (C=N–C) groups is 1. The summed E-state index contributed by atoms with van der Waals surface area (Å²) < 4.78 is 1.74. The van der Waals surface area contributed by atoms with Crippen LogP contribution in [-0.4, -0.2) is 26.6 Å². The van der Waals surface area contributed by atoms with Crippen molar-refractivity contribution in [1.29, 1.82) is 0 Å². The number of aromatic nitrogens is 3. The van der Waals surface area contributed by atoms with Gasteiger partial charge in [0.25, 0.3) is 5.91 Å². The van der Waals surface area contributed by atoms with Gasteiger partial charge >= 0.3 is 0 Å². The predicted molar refractivity (Wildman–Crippen MR) is 85.5 cm³/mol. The number of fused-ring (bicyclic) bond motifs is 1. The van der Waals surface area contributed by atoms with Gasteiger partial charge < -0.3 is 0 Å². The first-order chi connectivity index (χ1) is 10.4. The lowest BCUT2D eigenvalue weighted by atomic mass is 9.85. The van der Waals surface area contributed by atoms with E-state index in [0.29, 0.717) is 23.7 Å². The van der Waals surface area contributed by atoms with Gasteiger partial charge in [-0.05, 0) is 11.6 Å². The average molecular weight is 317 g/mol. The molecule has 0 saturated heterocycles. The SMILES string of the molecule is CC(C)(C)C1=NC(=O)c2nnn(Cc3ccccc3Cl)c2C1. The van der Waals surface area contributed by atoms with Crippen LogP contribution in [0.2, 0.25) is 5.02 Å². The largest absolute Gasteiger partial charge is 0.299 e. The molecule has 0 atom stereocenters. The Morgan fingerprint density at radius 2 is 2.00 bits per heavy atom. The molecule has 0 saturated carbocycles. The highest BCUT2D eigenvalue weighted by molar-refractivity contribution is 6.31. The van der Waals surface area contributed by atoms with Gasteiger partial charge in [0.05, 0.1) is 12.2 Å². The zero-order valence-corrected chi connectivity index (χ0v) is 13.6. The van der Waals surface area contributed by atoms with Crippen LogP contribution in [0.1, 0.15) is 42.5 Å². The molecule has 0 N–H and O–H groups in total. The summed E-state index contributed by atoms with van der Waals surface area (Å²) in [4.78, 5) is 16.3. The maximum absolute atomic E-state index is 12.1. The summed E-state index contributed by atoms with van der Waals surface area (Å²) in [5, 5.41) is 8.79.